The molecule has 1 aromatic heterocycles. The lowest BCUT2D eigenvalue weighted by Gasteiger charge is -2.07. The highest BCUT2D eigenvalue weighted by molar-refractivity contribution is 7.89. The van der Waals surface area contributed by atoms with Crippen LogP contribution in [0.3, 0.4) is 0 Å². The summed E-state index contributed by atoms with van der Waals surface area (Å²) >= 11 is 1.49. The van der Waals surface area contributed by atoms with Gasteiger partial charge < -0.3 is 5.73 Å². The van der Waals surface area contributed by atoms with Gasteiger partial charge in [-0.1, -0.05) is 24.3 Å². The van der Waals surface area contributed by atoms with Crippen LogP contribution in [0.5, 0.6) is 0 Å². The summed E-state index contributed by atoms with van der Waals surface area (Å²) in [6.45, 7) is 4.64. The fourth-order valence-electron chi connectivity index (χ4n) is 2.12. The van der Waals surface area contributed by atoms with Gasteiger partial charge >= 0.3 is 0 Å². The largest absolute Gasteiger partial charge is 0.330 e. The molecule has 114 valence electrons. The lowest BCUT2D eigenvalue weighted by molar-refractivity contribution is 0.581. The molecule has 0 spiro atoms. The second-order valence-electron chi connectivity index (χ2n) is 4.96. The molecule has 2 aromatic rings. The molecular weight excluding hydrogens is 304 g/mol. The standard InChI is InChI=1S/C15H20N2O2S2/c1-11-9-15(12(2)20-11)21(18,19)17-10-14-5-3-13(4-6-14)7-8-16/h3-6,9,17H,7-8,10,16H2,1-2H3. The quantitative estimate of drug-likeness (QED) is 0.857. The molecule has 0 aliphatic rings. The maximum atomic E-state index is 12.3. The minimum Gasteiger partial charge on any atom is -0.330 e. The molecule has 21 heavy (non-hydrogen) atoms. The van der Waals surface area contributed by atoms with Crippen molar-refractivity contribution >= 4 is 21.4 Å². The summed E-state index contributed by atoms with van der Waals surface area (Å²) < 4.78 is 27.2. The molecule has 0 saturated heterocycles. The van der Waals surface area contributed by atoms with E-state index in [0.717, 1.165) is 27.3 Å². The molecule has 1 aromatic carbocycles. The monoisotopic (exact) mass is 324 g/mol. The number of hydrogen-bond donors (Lipinski definition) is 2. The predicted octanol–water partition coefficient (Wildman–Crippen LogP) is 2.34. The van der Waals surface area contributed by atoms with Gasteiger partial charge in [-0.3, -0.25) is 0 Å². The third-order valence-corrected chi connectivity index (χ3v) is 5.83. The zero-order valence-electron chi connectivity index (χ0n) is 12.2. The van der Waals surface area contributed by atoms with Gasteiger partial charge in [-0.25, -0.2) is 13.1 Å². The molecule has 0 unspecified atom stereocenters. The molecule has 1 heterocycles. The number of rotatable bonds is 6. The molecule has 0 fully saturated rings. The maximum Gasteiger partial charge on any atom is 0.241 e. The third kappa shape index (κ3) is 4.14. The first-order valence-corrected chi connectivity index (χ1v) is 9.07. The van der Waals surface area contributed by atoms with Crippen LogP contribution in [0.1, 0.15) is 20.9 Å². The zero-order chi connectivity index (χ0) is 15.5. The van der Waals surface area contributed by atoms with Crippen LogP contribution in [0, 0.1) is 13.8 Å². The zero-order valence-corrected chi connectivity index (χ0v) is 13.9. The normalized spacial score (nSPS) is 11.8. The van der Waals surface area contributed by atoms with Crippen molar-refractivity contribution in [3.63, 3.8) is 0 Å². The average molecular weight is 324 g/mol. The molecule has 0 saturated carbocycles. The third-order valence-electron chi connectivity index (χ3n) is 3.21. The number of benzene rings is 1. The molecule has 6 heteroatoms. The van der Waals surface area contributed by atoms with E-state index in [1.807, 2.05) is 38.1 Å². The number of thiophene rings is 1. The van der Waals surface area contributed by atoms with E-state index < -0.39 is 10.0 Å². The van der Waals surface area contributed by atoms with Gasteiger partial charge in [-0.15, -0.1) is 11.3 Å². The van der Waals surface area contributed by atoms with Crippen molar-refractivity contribution in [3.05, 3.63) is 51.2 Å². The second kappa shape index (κ2) is 6.70. The molecule has 4 nitrogen and oxygen atoms in total. The van der Waals surface area contributed by atoms with Crippen LogP contribution in [0.15, 0.2) is 35.2 Å². The van der Waals surface area contributed by atoms with Gasteiger partial charge in [0.25, 0.3) is 0 Å². The first-order valence-electron chi connectivity index (χ1n) is 6.77. The van der Waals surface area contributed by atoms with Crippen molar-refractivity contribution < 1.29 is 8.42 Å². The summed E-state index contributed by atoms with van der Waals surface area (Å²) in [7, 11) is -3.45. The van der Waals surface area contributed by atoms with Gasteiger partial charge in [0, 0.05) is 16.3 Å². The first kappa shape index (κ1) is 16.2. The van der Waals surface area contributed by atoms with Crippen molar-refractivity contribution in [2.75, 3.05) is 6.54 Å². The Bertz CT molecular complexity index is 704. The molecule has 2 rings (SSSR count). The Morgan fingerprint density at radius 3 is 2.29 bits per heavy atom. The van der Waals surface area contributed by atoms with Gasteiger partial charge in [0.05, 0.1) is 4.90 Å². The number of nitrogens with one attached hydrogen (secondary N) is 1. The van der Waals surface area contributed by atoms with Gasteiger partial charge in [0.1, 0.15) is 0 Å². The van der Waals surface area contributed by atoms with Gasteiger partial charge in [0.2, 0.25) is 10.0 Å². The average Bonchev–Trinajstić information content (AvgIpc) is 2.78. The summed E-state index contributed by atoms with van der Waals surface area (Å²) in [5, 5.41) is 0. The topological polar surface area (TPSA) is 72.2 Å². The van der Waals surface area contributed by atoms with E-state index in [4.69, 9.17) is 5.73 Å². The van der Waals surface area contributed by atoms with Crippen molar-refractivity contribution in [2.24, 2.45) is 5.73 Å². The SMILES string of the molecule is Cc1cc(S(=O)(=O)NCc2ccc(CCN)cc2)c(C)s1. The molecular formula is C15H20N2O2S2. The van der Waals surface area contributed by atoms with E-state index in [-0.39, 0.29) is 0 Å². The van der Waals surface area contributed by atoms with E-state index in [0.29, 0.717) is 18.0 Å². The molecule has 0 aliphatic heterocycles. The minimum atomic E-state index is -3.45. The molecule has 0 aliphatic carbocycles. The van der Waals surface area contributed by atoms with E-state index in [1.165, 1.54) is 11.3 Å². The Hall–Kier alpha value is -1.21. The second-order valence-corrected chi connectivity index (χ2v) is 8.15. The Morgan fingerprint density at radius 1 is 1.14 bits per heavy atom. The highest BCUT2D eigenvalue weighted by atomic mass is 32.2. The number of sulfonamides is 1. The summed E-state index contributed by atoms with van der Waals surface area (Å²) in [4.78, 5) is 2.20. The number of aryl methyl sites for hydroxylation is 2. The summed E-state index contributed by atoms with van der Waals surface area (Å²) in [6, 6.07) is 9.54. The van der Waals surface area contributed by atoms with Gasteiger partial charge in [-0.2, -0.15) is 0 Å². The van der Waals surface area contributed by atoms with Gasteiger partial charge in [-0.05, 0) is 44.0 Å². The Balaban J connectivity index is 2.06. The highest BCUT2D eigenvalue weighted by Gasteiger charge is 2.18. The maximum absolute atomic E-state index is 12.3. The van der Waals surface area contributed by atoms with E-state index in [9.17, 15) is 8.42 Å². The molecule has 3 N–H and O–H groups in total. The number of hydrogen-bond acceptors (Lipinski definition) is 4. The van der Waals surface area contributed by atoms with Crippen molar-refractivity contribution in [2.45, 2.75) is 31.7 Å². The summed E-state index contributed by atoms with van der Waals surface area (Å²) in [6.07, 6.45) is 0.833. The lowest BCUT2D eigenvalue weighted by atomic mass is 10.1. The fraction of sp³-hybridized carbons (Fsp3) is 0.333. The molecule has 0 amide bonds. The first-order chi connectivity index (χ1) is 9.92. The van der Waals surface area contributed by atoms with Crippen LogP contribution < -0.4 is 10.5 Å². The minimum absolute atomic E-state index is 0.291. The van der Waals surface area contributed by atoms with E-state index in [2.05, 4.69) is 4.72 Å². The summed E-state index contributed by atoms with van der Waals surface area (Å²) in [5.41, 5.74) is 7.60. The van der Waals surface area contributed by atoms with Crippen molar-refractivity contribution in [1.82, 2.24) is 4.72 Å². The molecule has 0 bridgehead atoms. The Kier molecular flexibility index (Phi) is 5.16. The van der Waals surface area contributed by atoms with Crippen LogP contribution in [-0.4, -0.2) is 15.0 Å². The highest BCUT2D eigenvalue weighted by Crippen LogP contribution is 2.24. The van der Waals surface area contributed by atoms with Crippen LogP contribution >= 0.6 is 11.3 Å². The molecule has 0 atom stereocenters. The van der Waals surface area contributed by atoms with Gasteiger partial charge in [0.15, 0.2) is 0 Å². The smallest absolute Gasteiger partial charge is 0.241 e. The van der Waals surface area contributed by atoms with Crippen LogP contribution in [0.4, 0.5) is 0 Å². The van der Waals surface area contributed by atoms with E-state index >= 15 is 0 Å². The van der Waals surface area contributed by atoms with Crippen molar-refractivity contribution in [1.29, 1.82) is 0 Å². The lowest BCUT2D eigenvalue weighted by Crippen LogP contribution is -2.23. The Labute approximate surface area is 130 Å². The summed E-state index contributed by atoms with van der Waals surface area (Å²) in [5.74, 6) is 0. The van der Waals surface area contributed by atoms with Crippen LogP contribution in [-0.2, 0) is 23.0 Å². The van der Waals surface area contributed by atoms with Crippen LogP contribution in [0.2, 0.25) is 0 Å². The van der Waals surface area contributed by atoms with Crippen LogP contribution in [0.25, 0.3) is 0 Å². The molecule has 0 radical (unpaired) electrons. The fourth-order valence-corrected chi connectivity index (χ4v) is 4.69. The number of nitrogens with two attached hydrogens (primary N) is 1. The predicted molar refractivity (Wildman–Crippen MR) is 87.0 cm³/mol. The van der Waals surface area contributed by atoms with E-state index in [1.54, 1.807) is 6.07 Å². The Morgan fingerprint density at radius 2 is 1.76 bits per heavy atom. The van der Waals surface area contributed by atoms with Crippen molar-refractivity contribution in [3.8, 4) is 0 Å².